The van der Waals surface area contributed by atoms with Gasteiger partial charge in [-0.05, 0) is 42.6 Å². The smallest absolute Gasteiger partial charge is 0.274 e. The van der Waals surface area contributed by atoms with Crippen molar-refractivity contribution in [3.8, 4) is 11.5 Å². The predicted octanol–water partition coefficient (Wildman–Crippen LogP) is 2.03. The molecule has 118 valence electrons. The lowest BCUT2D eigenvalue weighted by Gasteiger charge is -2.14. The molecule has 0 saturated carbocycles. The van der Waals surface area contributed by atoms with Gasteiger partial charge in [-0.15, -0.1) is 11.3 Å². The number of amides is 1. The van der Waals surface area contributed by atoms with Crippen LogP contribution in [-0.2, 0) is 14.8 Å². The van der Waals surface area contributed by atoms with Gasteiger partial charge in [0.25, 0.3) is 15.9 Å². The van der Waals surface area contributed by atoms with Gasteiger partial charge in [0, 0.05) is 0 Å². The van der Waals surface area contributed by atoms with Gasteiger partial charge in [-0.3, -0.25) is 4.79 Å². The van der Waals surface area contributed by atoms with Crippen LogP contribution in [-0.4, -0.2) is 27.5 Å². The molecule has 1 N–H and O–H groups in total. The molecule has 0 aliphatic rings. The molecule has 6 nitrogen and oxygen atoms in total. The molecule has 1 atom stereocenters. The molecule has 0 aliphatic heterocycles. The number of nitrogens with one attached hydrogen (secondary N) is 1. The van der Waals surface area contributed by atoms with Gasteiger partial charge in [-0.25, -0.2) is 13.1 Å². The van der Waals surface area contributed by atoms with E-state index < -0.39 is 22.0 Å². The molecule has 2 aromatic rings. The minimum Gasteiger partial charge on any atom is -0.497 e. The van der Waals surface area contributed by atoms with Crippen molar-refractivity contribution in [1.29, 1.82) is 0 Å². The third kappa shape index (κ3) is 3.99. The summed E-state index contributed by atoms with van der Waals surface area (Å²) in [5.41, 5.74) is 0. The molecule has 22 heavy (non-hydrogen) atoms. The lowest BCUT2D eigenvalue weighted by Crippen LogP contribution is -2.39. The summed E-state index contributed by atoms with van der Waals surface area (Å²) < 4.78 is 36.4. The quantitative estimate of drug-likeness (QED) is 0.869. The van der Waals surface area contributed by atoms with Gasteiger partial charge in [-0.2, -0.15) is 0 Å². The van der Waals surface area contributed by atoms with Crippen molar-refractivity contribution in [2.45, 2.75) is 17.2 Å². The summed E-state index contributed by atoms with van der Waals surface area (Å²) in [5.74, 6) is 0.367. The highest BCUT2D eigenvalue weighted by atomic mass is 32.2. The van der Waals surface area contributed by atoms with E-state index in [1.807, 2.05) is 4.72 Å². The molecular formula is C14H15NO5S2. The van der Waals surface area contributed by atoms with E-state index in [1.54, 1.807) is 42.8 Å². The largest absolute Gasteiger partial charge is 0.497 e. The van der Waals surface area contributed by atoms with Crippen LogP contribution in [0.5, 0.6) is 11.5 Å². The summed E-state index contributed by atoms with van der Waals surface area (Å²) >= 11 is 1.03. The van der Waals surface area contributed by atoms with Gasteiger partial charge >= 0.3 is 0 Å². The second-order valence-electron chi connectivity index (χ2n) is 4.34. The van der Waals surface area contributed by atoms with E-state index in [-0.39, 0.29) is 4.21 Å². The normalized spacial score (nSPS) is 12.5. The minimum absolute atomic E-state index is 0.0810. The molecule has 1 amide bonds. The first kappa shape index (κ1) is 16.3. The van der Waals surface area contributed by atoms with Crippen molar-refractivity contribution in [3.63, 3.8) is 0 Å². The molecule has 0 radical (unpaired) electrons. The molecule has 0 fully saturated rings. The molecule has 0 bridgehead atoms. The van der Waals surface area contributed by atoms with Crippen LogP contribution in [0.1, 0.15) is 6.92 Å². The Balaban J connectivity index is 2.00. The van der Waals surface area contributed by atoms with Gasteiger partial charge in [0.2, 0.25) is 0 Å². The number of hydrogen-bond donors (Lipinski definition) is 1. The van der Waals surface area contributed by atoms with Crippen molar-refractivity contribution in [2.24, 2.45) is 0 Å². The maximum atomic E-state index is 12.0. The van der Waals surface area contributed by atoms with Crippen LogP contribution in [0.15, 0.2) is 46.0 Å². The molecule has 0 aliphatic carbocycles. The van der Waals surface area contributed by atoms with Crippen LogP contribution < -0.4 is 14.2 Å². The molecule has 2 rings (SSSR count). The Morgan fingerprint density at radius 1 is 1.18 bits per heavy atom. The first-order valence-corrected chi connectivity index (χ1v) is 8.69. The molecule has 0 spiro atoms. The average molecular weight is 341 g/mol. The van der Waals surface area contributed by atoms with Crippen LogP contribution in [0.2, 0.25) is 0 Å². The number of benzene rings is 1. The summed E-state index contributed by atoms with van der Waals surface area (Å²) in [5, 5.41) is 1.62. The van der Waals surface area contributed by atoms with Gasteiger partial charge in [0.05, 0.1) is 7.11 Å². The fourth-order valence-corrected chi connectivity index (χ4v) is 3.63. The Morgan fingerprint density at radius 3 is 2.36 bits per heavy atom. The van der Waals surface area contributed by atoms with E-state index in [4.69, 9.17) is 9.47 Å². The number of sulfonamides is 1. The van der Waals surface area contributed by atoms with Crippen LogP contribution in [0.4, 0.5) is 0 Å². The Kier molecular flexibility index (Phi) is 5.04. The lowest BCUT2D eigenvalue weighted by atomic mass is 10.3. The van der Waals surface area contributed by atoms with E-state index in [0.717, 1.165) is 11.3 Å². The summed E-state index contributed by atoms with van der Waals surface area (Å²) in [6.45, 7) is 1.48. The monoisotopic (exact) mass is 341 g/mol. The van der Waals surface area contributed by atoms with Gasteiger partial charge in [0.15, 0.2) is 6.10 Å². The van der Waals surface area contributed by atoms with Crippen molar-refractivity contribution in [2.75, 3.05) is 7.11 Å². The van der Waals surface area contributed by atoms with Crippen molar-refractivity contribution in [3.05, 3.63) is 41.8 Å². The van der Waals surface area contributed by atoms with Crippen LogP contribution in [0.3, 0.4) is 0 Å². The molecule has 8 heteroatoms. The number of carbonyl (C=O) groups excluding carboxylic acids is 1. The summed E-state index contributed by atoms with van der Waals surface area (Å²) in [6, 6.07) is 9.66. The molecular weight excluding hydrogens is 326 g/mol. The van der Waals surface area contributed by atoms with Crippen molar-refractivity contribution in [1.82, 2.24) is 4.72 Å². The first-order chi connectivity index (χ1) is 10.4. The molecule has 1 aromatic heterocycles. The zero-order valence-corrected chi connectivity index (χ0v) is 13.6. The third-order valence-corrected chi connectivity index (χ3v) is 5.48. The predicted molar refractivity (Wildman–Crippen MR) is 82.7 cm³/mol. The maximum Gasteiger partial charge on any atom is 0.274 e. The number of rotatable bonds is 6. The van der Waals surface area contributed by atoms with Crippen LogP contribution in [0.25, 0.3) is 0 Å². The molecule has 0 unspecified atom stereocenters. The Morgan fingerprint density at radius 2 is 1.82 bits per heavy atom. The highest BCUT2D eigenvalue weighted by molar-refractivity contribution is 7.92. The van der Waals surface area contributed by atoms with E-state index in [9.17, 15) is 13.2 Å². The molecule has 0 saturated heterocycles. The number of thiophene rings is 1. The molecule has 1 heterocycles. The van der Waals surface area contributed by atoms with Crippen molar-refractivity contribution >= 4 is 27.3 Å². The third-order valence-electron chi connectivity index (χ3n) is 2.74. The fraction of sp³-hybridized carbons (Fsp3) is 0.214. The Bertz CT molecular complexity index is 723. The van der Waals surface area contributed by atoms with E-state index >= 15 is 0 Å². The highest BCUT2D eigenvalue weighted by Gasteiger charge is 2.23. The van der Waals surface area contributed by atoms with Crippen LogP contribution >= 0.6 is 11.3 Å². The van der Waals surface area contributed by atoms with Gasteiger partial charge in [-0.1, -0.05) is 6.07 Å². The van der Waals surface area contributed by atoms with Gasteiger partial charge < -0.3 is 9.47 Å². The topological polar surface area (TPSA) is 81.7 Å². The van der Waals surface area contributed by atoms with E-state index in [0.29, 0.717) is 11.5 Å². The first-order valence-electron chi connectivity index (χ1n) is 6.33. The summed E-state index contributed by atoms with van der Waals surface area (Å²) in [7, 11) is -2.30. The summed E-state index contributed by atoms with van der Waals surface area (Å²) in [6.07, 6.45) is -0.955. The fourth-order valence-electron chi connectivity index (χ4n) is 1.59. The van der Waals surface area contributed by atoms with Crippen molar-refractivity contribution < 1.29 is 22.7 Å². The van der Waals surface area contributed by atoms with Gasteiger partial charge in [0.1, 0.15) is 15.7 Å². The van der Waals surface area contributed by atoms with Crippen LogP contribution in [0, 0.1) is 0 Å². The Labute approximate surface area is 132 Å². The number of ether oxygens (including phenoxy) is 2. The standard InChI is InChI=1S/C14H15NO5S2/c1-10(20-12-7-5-11(19-2)6-8-12)14(16)15-22(17,18)13-4-3-9-21-13/h3-10H,1-2H3,(H,15,16)/t10-/m1/s1. The lowest BCUT2D eigenvalue weighted by molar-refractivity contribution is -0.125. The van der Waals surface area contributed by atoms with E-state index in [2.05, 4.69) is 0 Å². The minimum atomic E-state index is -3.85. The zero-order valence-electron chi connectivity index (χ0n) is 12.0. The zero-order chi connectivity index (χ0) is 16.2. The summed E-state index contributed by atoms with van der Waals surface area (Å²) in [4.78, 5) is 11.9. The second-order valence-corrected chi connectivity index (χ2v) is 7.19. The number of carbonyl (C=O) groups is 1. The number of methoxy groups -OCH3 is 1. The number of hydrogen-bond acceptors (Lipinski definition) is 6. The second kappa shape index (κ2) is 6.80. The maximum absolute atomic E-state index is 12.0. The van der Waals surface area contributed by atoms with E-state index in [1.165, 1.54) is 13.0 Å². The molecule has 1 aromatic carbocycles. The highest BCUT2D eigenvalue weighted by Crippen LogP contribution is 2.19. The Hall–Kier alpha value is -2.06. The SMILES string of the molecule is COc1ccc(O[C@H](C)C(=O)NS(=O)(=O)c2cccs2)cc1. The average Bonchev–Trinajstić information content (AvgIpc) is 3.02.